The molecule has 0 radical (unpaired) electrons. The van der Waals surface area contributed by atoms with Gasteiger partial charge in [-0.1, -0.05) is 0 Å². The van der Waals surface area contributed by atoms with Crippen LogP contribution in [-0.2, 0) is 14.6 Å². The second kappa shape index (κ2) is 3.28. The molecule has 0 aliphatic carbocycles. The van der Waals surface area contributed by atoms with Crippen molar-refractivity contribution >= 4 is 20.9 Å². The molecule has 0 aromatic carbocycles. The molecule has 16 heavy (non-hydrogen) atoms. The van der Waals surface area contributed by atoms with Crippen molar-refractivity contribution in [3.05, 3.63) is 24.3 Å². The molecule has 5 nitrogen and oxygen atoms in total. The highest BCUT2D eigenvalue weighted by atomic mass is 32.2. The van der Waals surface area contributed by atoms with Crippen molar-refractivity contribution in [3.63, 3.8) is 0 Å². The van der Waals surface area contributed by atoms with Crippen LogP contribution in [0.15, 0.2) is 18.5 Å². The molecular formula is C10H13N3O2S. The van der Waals surface area contributed by atoms with Crippen LogP contribution in [0.1, 0.15) is 19.7 Å². The minimum absolute atomic E-state index is 0.443. The van der Waals surface area contributed by atoms with E-state index in [1.807, 2.05) is 0 Å². The number of fused-ring (bicyclic) bond motifs is 1. The summed E-state index contributed by atoms with van der Waals surface area (Å²) in [7, 11) is -3.22. The smallest absolute Gasteiger partial charge is 0.159 e. The van der Waals surface area contributed by atoms with Crippen molar-refractivity contribution in [2.45, 2.75) is 18.6 Å². The molecule has 0 saturated carbocycles. The monoisotopic (exact) mass is 239 g/mol. The van der Waals surface area contributed by atoms with E-state index in [0.29, 0.717) is 5.82 Å². The Hall–Kier alpha value is -1.43. The van der Waals surface area contributed by atoms with Crippen LogP contribution in [0.5, 0.6) is 0 Å². The zero-order chi connectivity index (χ0) is 12.0. The number of nitrogens with one attached hydrogen (secondary N) is 1. The van der Waals surface area contributed by atoms with Gasteiger partial charge in [-0.2, -0.15) is 0 Å². The molecule has 0 aliphatic heterocycles. The molecule has 0 fully saturated rings. The number of rotatable bonds is 2. The first-order chi connectivity index (χ1) is 7.32. The number of aromatic nitrogens is 3. The largest absolute Gasteiger partial charge is 0.339 e. The molecule has 2 heterocycles. The zero-order valence-corrected chi connectivity index (χ0v) is 10.2. The molecule has 0 amide bonds. The van der Waals surface area contributed by atoms with Crippen molar-refractivity contribution in [3.8, 4) is 0 Å². The third kappa shape index (κ3) is 1.59. The Morgan fingerprint density at radius 2 is 2.06 bits per heavy atom. The molecule has 2 aromatic heterocycles. The topological polar surface area (TPSA) is 75.7 Å². The van der Waals surface area contributed by atoms with Gasteiger partial charge in [-0.25, -0.2) is 13.4 Å². The fourth-order valence-electron chi connectivity index (χ4n) is 1.32. The van der Waals surface area contributed by atoms with Gasteiger partial charge in [-0.15, -0.1) is 0 Å². The lowest BCUT2D eigenvalue weighted by atomic mass is 10.2. The second-order valence-electron chi connectivity index (χ2n) is 4.26. The fourth-order valence-corrected chi connectivity index (χ4v) is 1.77. The van der Waals surface area contributed by atoms with Crippen LogP contribution in [-0.4, -0.2) is 29.6 Å². The summed E-state index contributed by atoms with van der Waals surface area (Å²) in [6.45, 7) is 3.26. The van der Waals surface area contributed by atoms with Gasteiger partial charge in [0.1, 0.15) is 10.6 Å². The lowest BCUT2D eigenvalue weighted by Gasteiger charge is -2.19. The number of hydrogen-bond acceptors (Lipinski definition) is 4. The number of H-pyrrole nitrogens is 1. The van der Waals surface area contributed by atoms with Crippen molar-refractivity contribution in [1.82, 2.24) is 15.0 Å². The number of nitrogens with zero attached hydrogens (tertiary/aromatic N) is 2. The van der Waals surface area contributed by atoms with Gasteiger partial charge in [0.15, 0.2) is 9.84 Å². The average Bonchev–Trinajstić information content (AvgIpc) is 2.59. The summed E-state index contributed by atoms with van der Waals surface area (Å²) >= 11 is 0. The van der Waals surface area contributed by atoms with Crippen molar-refractivity contribution in [1.29, 1.82) is 0 Å². The summed E-state index contributed by atoms with van der Waals surface area (Å²) in [5.41, 5.74) is 1.47. The summed E-state index contributed by atoms with van der Waals surface area (Å²) < 4.78 is 22.3. The molecule has 86 valence electrons. The Balaban J connectivity index is 2.65. The Bertz CT molecular complexity index is 595. The van der Waals surface area contributed by atoms with Crippen molar-refractivity contribution in [2.24, 2.45) is 0 Å². The van der Waals surface area contributed by atoms with Crippen LogP contribution in [0.3, 0.4) is 0 Å². The zero-order valence-electron chi connectivity index (χ0n) is 9.35. The summed E-state index contributed by atoms with van der Waals surface area (Å²) in [5, 5.41) is 0. The standard InChI is InChI=1S/C10H13N3O2S/c1-10(2,16(3,14)15)9-12-7-4-5-11-6-8(7)13-9/h4-6H,1-3H3,(H,12,13). The number of aromatic amines is 1. The molecule has 0 bridgehead atoms. The quantitative estimate of drug-likeness (QED) is 0.855. The van der Waals surface area contributed by atoms with Crippen LogP contribution in [0, 0.1) is 0 Å². The van der Waals surface area contributed by atoms with E-state index in [1.165, 1.54) is 6.26 Å². The van der Waals surface area contributed by atoms with E-state index in [0.717, 1.165) is 11.0 Å². The number of imidazole rings is 1. The molecule has 0 atom stereocenters. The lowest BCUT2D eigenvalue weighted by molar-refractivity contribution is 0.553. The van der Waals surface area contributed by atoms with Crippen LogP contribution >= 0.6 is 0 Å². The highest BCUT2D eigenvalue weighted by molar-refractivity contribution is 7.91. The minimum Gasteiger partial charge on any atom is -0.339 e. The summed E-state index contributed by atoms with van der Waals surface area (Å²) in [6, 6.07) is 1.74. The fraction of sp³-hybridized carbons (Fsp3) is 0.400. The highest BCUT2D eigenvalue weighted by Gasteiger charge is 2.35. The van der Waals surface area contributed by atoms with Gasteiger partial charge in [0.25, 0.3) is 0 Å². The van der Waals surface area contributed by atoms with Gasteiger partial charge in [0, 0.05) is 12.5 Å². The van der Waals surface area contributed by atoms with E-state index in [-0.39, 0.29) is 0 Å². The number of sulfone groups is 1. The first-order valence-electron chi connectivity index (χ1n) is 4.82. The van der Waals surface area contributed by atoms with E-state index >= 15 is 0 Å². The number of pyridine rings is 1. The SMILES string of the molecule is CC(C)(c1nc2ccncc2[nH]1)S(C)(=O)=O. The third-order valence-electron chi connectivity index (χ3n) is 2.78. The molecule has 0 unspecified atom stereocenters. The maximum Gasteiger partial charge on any atom is 0.159 e. The maximum atomic E-state index is 11.7. The Morgan fingerprint density at radius 1 is 1.38 bits per heavy atom. The Morgan fingerprint density at radius 3 is 2.62 bits per heavy atom. The molecule has 0 spiro atoms. The summed E-state index contributed by atoms with van der Waals surface area (Å²) in [6.07, 6.45) is 4.46. The molecular weight excluding hydrogens is 226 g/mol. The minimum atomic E-state index is -3.22. The van der Waals surface area contributed by atoms with Crippen LogP contribution in [0.25, 0.3) is 11.0 Å². The normalized spacial score (nSPS) is 13.2. The first kappa shape index (κ1) is 11.1. The van der Waals surface area contributed by atoms with Gasteiger partial charge < -0.3 is 4.98 Å². The predicted octanol–water partition coefficient (Wildman–Crippen LogP) is 1.24. The van der Waals surface area contributed by atoms with Crippen molar-refractivity contribution in [2.75, 3.05) is 6.26 Å². The van der Waals surface area contributed by atoms with Crippen molar-refractivity contribution < 1.29 is 8.42 Å². The predicted molar refractivity (Wildman–Crippen MR) is 61.8 cm³/mol. The highest BCUT2D eigenvalue weighted by Crippen LogP contribution is 2.27. The average molecular weight is 239 g/mol. The second-order valence-corrected chi connectivity index (χ2v) is 6.83. The van der Waals surface area contributed by atoms with E-state index in [4.69, 9.17) is 0 Å². The van der Waals surface area contributed by atoms with Gasteiger partial charge >= 0.3 is 0 Å². The van der Waals surface area contributed by atoms with Gasteiger partial charge in [0.05, 0.1) is 17.2 Å². The van der Waals surface area contributed by atoms with E-state index in [2.05, 4.69) is 15.0 Å². The van der Waals surface area contributed by atoms with E-state index in [1.54, 1.807) is 32.3 Å². The summed E-state index contributed by atoms with van der Waals surface area (Å²) in [4.78, 5) is 11.2. The van der Waals surface area contributed by atoms with Crippen LogP contribution < -0.4 is 0 Å². The molecule has 0 saturated heterocycles. The molecule has 2 rings (SSSR count). The van der Waals surface area contributed by atoms with Gasteiger partial charge in [0.2, 0.25) is 0 Å². The molecule has 1 N–H and O–H groups in total. The Labute approximate surface area is 93.8 Å². The molecule has 6 heteroatoms. The Kier molecular flexibility index (Phi) is 2.27. The molecule has 2 aromatic rings. The summed E-state index contributed by atoms with van der Waals surface area (Å²) in [5.74, 6) is 0.443. The van der Waals surface area contributed by atoms with Crippen LogP contribution in [0.4, 0.5) is 0 Å². The van der Waals surface area contributed by atoms with Gasteiger partial charge in [-0.05, 0) is 19.9 Å². The van der Waals surface area contributed by atoms with Crippen LogP contribution in [0.2, 0.25) is 0 Å². The van der Waals surface area contributed by atoms with E-state index < -0.39 is 14.6 Å². The maximum absolute atomic E-state index is 11.7. The lowest BCUT2D eigenvalue weighted by Crippen LogP contribution is -2.29. The number of hydrogen-bond donors (Lipinski definition) is 1. The third-order valence-corrected chi connectivity index (χ3v) is 4.83. The van der Waals surface area contributed by atoms with Gasteiger partial charge in [-0.3, -0.25) is 4.98 Å². The molecule has 0 aliphatic rings. The van der Waals surface area contributed by atoms with E-state index in [9.17, 15) is 8.42 Å². The first-order valence-corrected chi connectivity index (χ1v) is 6.71.